The summed E-state index contributed by atoms with van der Waals surface area (Å²) >= 11 is 3.10. The van der Waals surface area contributed by atoms with Gasteiger partial charge in [-0.05, 0) is 18.2 Å². The van der Waals surface area contributed by atoms with E-state index in [9.17, 15) is 22.4 Å². The summed E-state index contributed by atoms with van der Waals surface area (Å²) in [6, 6.07) is 4.29. The number of carbonyl (C=O) groups excluding carboxylic acids is 1. The number of benzene rings is 2. The van der Waals surface area contributed by atoms with Crippen LogP contribution in [0, 0.1) is 23.3 Å². The highest BCUT2D eigenvalue weighted by molar-refractivity contribution is 9.10. The van der Waals surface area contributed by atoms with E-state index >= 15 is 0 Å². The number of nitrogen functional groups attached to an aromatic ring is 1. The smallest absolute Gasteiger partial charge is 0.257 e. The first-order valence-corrected chi connectivity index (χ1v) is 6.30. The second-order valence-corrected chi connectivity index (χ2v) is 4.94. The van der Waals surface area contributed by atoms with Gasteiger partial charge in [-0.15, -0.1) is 0 Å². The molecule has 0 bridgehead atoms. The average Bonchev–Trinajstić information content (AvgIpc) is 2.43. The third-order valence-corrected chi connectivity index (χ3v) is 3.10. The van der Waals surface area contributed by atoms with E-state index in [1.165, 1.54) is 12.1 Å². The Hall–Kier alpha value is -2.09. The molecule has 2 aromatic rings. The maximum absolute atomic E-state index is 13.5. The Balaban J connectivity index is 2.43. The van der Waals surface area contributed by atoms with Crippen molar-refractivity contribution in [1.29, 1.82) is 0 Å². The molecule has 3 nitrogen and oxygen atoms in total. The average molecular weight is 363 g/mol. The molecule has 0 spiro atoms. The van der Waals surface area contributed by atoms with Crippen molar-refractivity contribution in [3.63, 3.8) is 0 Å². The molecule has 110 valence electrons. The zero-order valence-electron chi connectivity index (χ0n) is 10.2. The fraction of sp³-hybridized carbons (Fsp3) is 0. The van der Waals surface area contributed by atoms with Crippen molar-refractivity contribution in [3.05, 3.63) is 57.6 Å². The molecule has 0 aliphatic rings. The summed E-state index contributed by atoms with van der Waals surface area (Å²) in [6.45, 7) is 0. The van der Waals surface area contributed by atoms with Crippen LogP contribution >= 0.6 is 15.9 Å². The van der Waals surface area contributed by atoms with Gasteiger partial charge in [0.25, 0.3) is 5.91 Å². The molecule has 0 saturated carbocycles. The fourth-order valence-electron chi connectivity index (χ4n) is 1.59. The number of carbonyl (C=O) groups is 1. The van der Waals surface area contributed by atoms with Crippen molar-refractivity contribution in [1.82, 2.24) is 0 Å². The lowest BCUT2D eigenvalue weighted by atomic mass is 10.1. The van der Waals surface area contributed by atoms with Crippen LogP contribution in [0.1, 0.15) is 10.4 Å². The first-order valence-electron chi connectivity index (χ1n) is 5.50. The van der Waals surface area contributed by atoms with Gasteiger partial charge >= 0.3 is 0 Å². The topological polar surface area (TPSA) is 55.1 Å². The Kier molecular flexibility index (Phi) is 4.17. The van der Waals surface area contributed by atoms with Gasteiger partial charge in [-0.1, -0.05) is 15.9 Å². The Morgan fingerprint density at radius 2 is 1.62 bits per heavy atom. The number of halogens is 5. The van der Waals surface area contributed by atoms with Crippen LogP contribution in [-0.2, 0) is 0 Å². The predicted molar refractivity (Wildman–Crippen MR) is 72.8 cm³/mol. The van der Waals surface area contributed by atoms with E-state index in [-0.39, 0.29) is 17.3 Å². The maximum atomic E-state index is 13.5. The Bertz CT molecular complexity index is 710. The lowest BCUT2D eigenvalue weighted by Gasteiger charge is -2.10. The van der Waals surface area contributed by atoms with Gasteiger partial charge in [0.2, 0.25) is 0 Å². The molecule has 0 fully saturated rings. The van der Waals surface area contributed by atoms with Gasteiger partial charge in [0.05, 0.1) is 5.56 Å². The molecule has 1 amide bonds. The van der Waals surface area contributed by atoms with E-state index in [2.05, 4.69) is 15.9 Å². The third kappa shape index (κ3) is 2.99. The number of nitrogens with one attached hydrogen (secondary N) is 1. The minimum Gasteiger partial charge on any atom is -0.398 e. The molecule has 2 rings (SSSR count). The molecule has 2 aromatic carbocycles. The summed E-state index contributed by atoms with van der Waals surface area (Å²) in [5.74, 6) is -7.64. The van der Waals surface area contributed by atoms with Crippen molar-refractivity contribution in [2.75, 3.05) is 11.1 Å². The van der Waals surface area contributed by atoms with Crippen molar-refractivity contribution in [2.45, 2.75) is 0 Å². The van der Waals surface area contributed by atoms with Crippen molar-refractivity contribution >= 4 is 33.2 Å². The number of amides is 1. The third-order valence-electron chi connectivity index (χ3n) is 2.61. The van der Waals surface area contributed by atoms with Crippen LogP contribution in [0.3, 0.4) is 0 Å². The Morgan fingerprint density at radius 3 is 2.19 bits per heavy atom. The Morgan fingerprint density at radius 1 is 1.05 bits per heavy atom. The van der Waals surface area contributed by atoms with E-state index in [0.29, 0.717) is 4.47 Å². The van der Waals surface area contributed by atoms with Gasteiger partial charge in [-0.25, -0.2) is 17.6 Å². The molecule has 0 saturated heterocycles. The molecule has 0 radical (unpaired) electrons. The number of rotatable bonds is 2. The predicted octanol–water partition coefficient (Wildman–Crippen LogP) is 3.84. The monoisotopic (exact) mass is 362 g/mol. The fourth-order valence-corrected chi connectivity index (χ4v) is 1.95. The lowest BCUT2D eigenvalue weighted by molar-refractivity contribution is 0.102. The maximum Gasteiger partial charge on any atom is 0.257 e. The summed E-state index contributed by atoms with van der Waals surface area (Å²) < 4.78 is 53.5. The highest BCUT2D eigenvalue weighted by Gasteiger charge is 2.22. The molecule has 8 heteroatoms. The second kappa shape index (κ2) is 5.72. The van der Waals surface area contributed by atoms with E-state index in [1.54, 1.807) is 11.4 Å². The highest BCUT2D eigenvalue weighted by atomic mass is 79.9. The number of anilines is 2. The number of nitrogens with two attached hydrogens (primary N) is 1. The van der Waals surface area contributed by atoms with Crippen molar-refractivity contribution in [3.8, 4) is 0 Å². The minimum absolute atomic E-state index is 0.0355. The van der Waals surface area contributed by atoms with Crippen LogP contribution in [0.5, 0.6) is 0 Å². The highest BCUT2D eigenvalue weighted by Crippen LogP contribution is 2.26. The van der Waals surface area contributed by atoms with Crippen LogP contribution in [0.25, 0.3) is 0 Å². The minimum atomic E-state index is -1.70. The van der Waals surface area contributed by atoms with Crippen LogP contribution in [0.2, 0.25) is 0 Å². The molecular formula is C13H7BrF4N2O. The molecule has 0 aliphatic heterocycles. The Labute approximate surface area is 124 Å². The SMILES string of the molecule is Nc1ccc(Br)cc1C(=O)Nc1c(F)c(F)cc(F)c1F. The van der Waals surface area contributed by atoms with Gasteiger partial charge in [0, 0.05) is 16.2 Å². The standard InChI is InChI=1S/C13H7BrF4N2O/c14-5-1-2-9(19)6(3-5)13(21)20-12-10(17)7(15)4-8(16)11(12)18/h1-4H,19H2,(H,20,21). The molecule has 0 aliphatic carbocycles. The van der Waals surface area contributed by atoms with Gasteiger partial charge in [-0.2, -0.15) is 0 Å². The molecular weight excluding hydrogens is 356 g/mol. The van der Waals surface area contributed by atoms with Crippen LogP contribution in [0.15, 0.2) is 28.7 Å². The van der Waals surface area contributed by atoms with Gasteiger partial charge in [0.1, 0.15) is 5.69 Å². The van der Waals surface area contributed by atoms with Crippen LogP contribution in [-0.4, -0.2) is 5.91 Å². The zero-order chi connectivity index (χ0) is 15.7. The molecule has 3 N–H and O–H groups in total. The van der Waals surface area contributed by atoms with Crippen molar-refractivity contribution in [2.24, 2.45) is 0 Å². The molecule has 21 heavy (non-hydrogen) atoms. The molecule has 0 aromatic heterocycles. The molecule has 0 heterocycles. The largest absolute Gasteiger partial charge is 0.398 e. The number of hydrogen-bond acceptors (Lipinski definition) is 2. The van der Waals surface area contributed by atoms with Gasteiger partial charge < -0.3 is 11.1 Å². The van der Waals surface area contributed by atoms with Gasteiger partial charge in [-0.3, -0.25) is 4.79 Å². The van der Waals surface area contributed by atoms with Crippen LogP contribution in [0.4, 0.5) is 28.9 Å². The van der Waals surface area contributed by atoms with Crippen LogP contribution < -0.4 is 11.1 Å². The summed E-state index contributed by atoms with van der Waals surface area (Å²) in [4.78, 5) is 11.9. The van der Waals surface area contributed by atoms with E-state index in [4.69, 9.17) is 5.73 Å². The first-order chi connectivity index (χ1) is 9.81. The quantitative estimate of drug-likeness (QED) is 0.484. The molecule has 0 unspecified atom stereocenters. The zero-order valence-corrected chi connectivity index (χ0v) is 11.8. The first kappa shape index (κ1) is 15.3. The van der Waals surface area contributed by atoms with Gasteiger partial charge in [0.15, 0.2) is 23.3 Å². The van der Waals surface area contributed by atoms with Crippen molar-refractivity contribution < 1.29 is 22.4 Å². The van der Waals surface area contributed by atoms with E-state index in [0.717, 1.165) is 0 Å². The molecule has 0 atom stereocenters. The second-order valence-electron chi connectivity index (χ2n) is 4.03. The number of hydrogen-bond donors (Lipinski definition) is 2. The van der Waals surface area contributed by atoms with E-state index < -0.39 is 34.9 Å². The summed E-state index contributed by atoms with van der Waals surface area (Å²) in [5.41, 5.74) is 4.28. The summed E-state index contributed by atoms with van der Waals surface area (Å²) in [7, 11) is 0. The van der Waals surface area contributed by atoms with E-state index in [1.807, 2.05) is 0 Å². The normalized spacial score (nSPS) is 10.5. The summed E-state index contributed by atoms with van der Waals surface area (Å²) in [5, 5.41) is 1.77. The summed E-state index contributed by atoms with van der Waals surface area (Å²) in [6.07, 6.45) is 0. The lowest BCUT2D eigenvalue weighted by Crippen LogP contribution is -2.17.